The molecule has 1 aromatic carbocycles. The van der Waals surface area contributed by atoms with Gasteiger partial charge in [-0.15, -0.1) is 12.6 Å². The van der Waals surface area contributed by atoms with E-state index >= 15 is 0 Å². The number of nitrogens with zero attached hydrogens (tertiary/aromatic N) is 1. The van der Waals surface area contributed by atoms with Crippen molar-refractivity contribution in [1.29, 1.82) is 0 Å². The van der Waals surface area contributed by atoms with Crippen LogP contribution in [0.5, 0.6) is 0 Å². The predicted octanol–water partition coefficient (Wildman–Crippen LogP) is 2.76. The van der Waals surface area contributed by atoms with Crippen LogP contribution in [0.1, 0.15) is 36.0 Å². The van der Waals surface area contributed by atoms with Gasteiger partial charge in [-0.05, 0) is 43.9 Å². The summed E-state index contributed by atoms with van der Waals surface area (Å²) in [4.78, 5) is 15.3. The summed E-state index contributed by atoms with van der Waals surface area (Å²) < 4.78 is 0. The van der Waals surface area contributed by atoms with E-state index in [9.17, 15) is 9.90 Å². The summed E-state index contributed by atoms with van der Waals surface area (Å²) in [6.45, 7) is 0. The second-order valence-electron chi connectivity index (χ2n) is 5.39. The molecule has 0 radical (unpaired) electrons. The fourth-order valence-corrected chi connectivity index (χ4v) is 3.70. The molecule has 5 heteroatoms. The first-order valence-electron chi connectivity index (χ1n) is 6.55. The van der Waals surface area contributed by atoms with Crippen LogP contribution in [0.25, 0.3) is 0 Å². The Labute approximate surface area is 123 Å². The van der Waals surface area contributed by atoms with Gasteiger partial charge in [0.2, 0.25) is 0 Å². The van der Waals surface area contributed by atoms with Crippen LogP contribution in [0.2, 0.25) is 5.02 Å². The highest BCUT2D eigenvalue weighted by molar-refractivity contribution is 7.80. The Hall–Kier alpha value is -0.710. The number of hydrogen-bond acceptors (Lipinski definition) is 3. The fraction of sp³-hybridized carbons (Fsp3) is 0.500. The second kappa shape index (κ2) is 5.00. The SMILES string of the molecule is O=C(c1cc(S)ccc1Cl)N1C2CCC1CC(O)C2. The average molecular weight is 298 g/mol. The van der Waals surface area contributed by atoms with Crippen LogP contribution < -0.4 is 0 Å². The van der Waals surface area contributed by atoms with E-state index in [1.54, 1.807) is 18.2 Å². The predicted molar refractivity (Wildman–Crippen MR) is 76.9 cm³/mol. The summed E-state index contributed by atoms with van der Waals surface area (Å²) in [5.41, 5.74) is 0.516. The number of halogens is 1. The number of aliphatic hydroxyl groups is 1. The Bertz CT molecular complexity index is 508. The first-order chi connectivity index (χ1) is 9.06. The zero-order chi connectivity index (χ0) is 13.6. The molecule has 3 rings (SSSR count). The summed E-state index contributed by atoms with van der Waals surface area (Å²) in [5.74, 6) is -0.0275. The van der Waals surface area contributed by atoms with Gasteiger partial charge in [0.15, 0.2) is 0 Å². The van der Waals surface area contributed by atoms with Gasteiger partial charge in [0.1, 0.15) is 0 Å². The number of rotatable bonds is 1. The van der Waals surface area contributed by atoms with Crippen molar-refractivity contribution in [2.24, 2.45) is 0 Å². The molecule has 0 saturated carbocycles. The summed E-state index contributed by atoms with van der Waals surface area (Å²) in [7, 11) is 0. The molecule has 0 aromatic heterocycles. The van der Waals surface area contributed by atoms with Gasteiger partial charge in [0, 0.05) is 17.0 Å². The molecule has 2 atom stereocenters. The van der Waals surface area contributed by atoms with Crippen LogP contribution in [-0.4, -0.2) is 34.1 Å². The maximum Gasteiger partial charge on any atom is 0.255 e. The average Bonchev–Trinajstić information content (AvgIpc) is 2.64. The van der Waals surface area contributed by atoms with Crippen molar-refractivity contribution in [3.8, 4) is 0 Å². The molecule has 19 heavy (non-hydrogen) atoms. The minimum atomic E-state index is -0.270. The van der Waals surface area contributed by atoms with Gasteiger partial charge in [-0.1, -0.05) is 11.6 Å². The zero-order valence-corrected chi connectivity index (χ0v) is 12.1. The Morgan fingerprint density at radius 3 is 2.58 bits per heavy atom. The van der Waals surface area contributed by atoms with Gasteiger partial charge < -0.3 is 10.0 Å². The molecule has 2 fully saturated rings. The Morgan fingerprint density at radius 2 is 1.95 bits per heavy atom. The lowest BCUT2D eigenvalue weighted by atomic mass is 9.98. The number of thiol groups is 1. The van der Waals surface area contributed by atoms with Gasteiger partial charge in [-0.3, -0.25) is 4.79 Å². The third kappa shape index (κ3) is 2.37. The minimum absolute atomic E-state index is 0.0275. The van der Waals surface area contributed by atoms with Gasteiger partial charge >= 0.3 is 0 Å². The molecule has 0 aliphatic carbocycles. The van der Waals surface area contributed by atoms with E-state index in [1.807, 2.05) is 4.90 Å². The third-order valence-corrected chi connectivity index (χ3v) is 4.73. The van der Waals surface area contributed by atoms with Crippen molar-refractivity contribution >= 4 is 30.1 Å². The molecule has 2 bridgehead atoms. The Balaban J connectivity index is 1.90. The number of piperidine rings is 1. The molecule has 2 aliphatic heterocycles. The van der Waals surface area contributed by atoms with E-state index in [4.69, 9.17) is 11.6 Å². The second-order valence-corrected chi connectivity index (χ2v) is 6.31. The van der Waals surface area contributed by atoms with Crippen molar-refractivity contribution < 1.29 is 9.90 Å². The maximum atomic E-state index is 12.7. The molecule has 0 spiro atoms. The molecular formula is C14H16ClNO2S. The lowest BCUT2D eigenvalue weighted by Crippen LogP contribution is -2.48. The number of benzene rings is 1. The van der Waals surface area contributed by atoms with Crippen LogP contribution in [0.4, 0.5) is 0 Å². The van der Waals surface area contributed by atoms with E-state index in [1.165, 1.54) is 0 Å². The largest absolute Gasteiger partial charge is 0.393 e. The zero-order valence-electron chi connectivity index (χ0n) is 10.4. The molecule has 2 saturated heterocycles. The molecule has 1 amide bonds. The van der Waals surface area contributed by atoms with E-state index in [-0.39, 0.29) is 24.1 Å². The van der Waals surface area contributed by atoms with E-state index in [0.29, 0.717) is 23.4 Å². The minimum Gasteiger partial charge on any atom is -0.393 e. The fourth-order valence-electron chi connectivity index (χ4n) is 3.30. The maximum absolute atomic E-state index is 12.7. The van der Waals surface area contributed by atoms with Crippen molar-refractivity contribution in [3.05, 3.63) is 28.8 Å². The molecule has 2 heterocycles. The first kappa shape index (κ1) is 13.3. The number of fused-ring (bicyclic) bond motifs is 2. The molecule has 2 unspecified atom stereocenters. The van der Waals surface area contributed by atoms with Crippen molar-refractivity contribution in [3.63, 3.8) is 0 Å². The van der Waals surface area contributed by atoms with Gasteiger partial charge in [0.25, 0.3) is 5.91 Å². The van der Waals surface area contributed by atoms with Gasteiger partial charge in [-0.2, -0.15) is 0 Å². The van der Waals surface area contributed by atoms with Crippen LogP contribution in [0.15, 0.2) is 23.1 Å². The van der Waals surface area contributed by atoms with Crippen LogP contribution in [0.3, 0.4) is 0 Å². The number of carbonyl (C=O) groups is 1. The highest BCUT2D eigenvalue weighted by Crippen LogP contribution is 2.37. The molecule has 102 valence electrons. The van der Waals surface area contributed by atoms with Crippen LogP contribution in [0, 0.1) is 0 Å². The summed E-state index contributed by atoms with van der Waals surface area (Å²) in [6.07, 6.45) is 3.05. The summed E-state index contributed by atoms with van der Waals surface area (Å²) in [5, 5.41) is 10.2. The lowest BCUT2D eigenvalue weighted by molar-refractivity contribution is 0.0287. The number of carbonyl (C=O) groups excluding carboxylic acids is 1. The van der Waals surface area contributed by atoms with Crippen molar-refractivity contribution in [1.82, 2.24) is 4.90 Å². The van der Waals surface area contributed by atoms with Crippen molar-refractivity contribution in [2.75, 3.05) is 0 Å². The van der Waals surface area contributed by atoms with Gasteiger partial charge in [-0.25, -0.2) is 0 Å². The number of amides is 1. The van der Waals surface area contributed by atoms with Crippen LogP contribution in [-0.2, 0) is 0 Å². The Kier molecular flexibility index (Phi) is 3.50. The molecule has 1 aromatic rings. The van der Waals surface area contributed by atoms with E-state index < -0.39 is 0 Å². The monoisotopic (exact) mass is 297 g/mol. The Morgan fingerprint density at radius 1 is 1.32 bits per heavy atom. The van der Waals surface area contributed by atoms with Crippen molar-refractivity contribution in [2.45, 2.75) is 48.8 Å². The van der Waals surface area contributed by atoms with E-state index in [0.717, 1.165) is 17.7 Å². The molecule has 1 N–H and O–H groups in total. The molecule has 2 aliphatic rings. The molecular weight excluding hydrogens is 282 g/mol. The normalized spacial score (nSPS) is 29.6. The number of aliphatic hydroxyl groups excluding tert-OH is 1. The number of hydrogen-bond donors (Lipinski definition) is 2. The smallest absolute Gasteiger partial charge is 0.255 e. The summed E-state index contributed by atoms with van der Waals surface area (Å²) >= 11 is 10.4. The first-order valence-corrected chi connectivity index (χ1v) is 7.38. The quantitative estimate of drug-likeness (QED) is 0.783. The van der Waals surface area contributed by atoms with Gasteiger partial charge in [0.05, 0.1) is 16.7 Å². The highest BCUT2D eigenvalue weighted by Gasteiger charge is 2.43. The van der Waals surface area contributed by atoms with Crippen LogP contribution >= 0.6 is 24.2 Å². The van der Waals surface area contributed by atoms with E-state index in [2.05, 4.69) is 12.6 Å². The third-order valence-electron chi connectivity index (χ3n) is 4.12. The lowest BCUT2D eigenvalue weighted by Gasteiger charge is -2.37. The molecule has 3 nitrogen and oxygen atoms in total. The topological polar surface area (TPSA) is 40.5 Å². The highest BCUT2D eigenvalue weighted by atomic mass is 35.5. The summed E-state index contributed by atoms with van der Waals surface area (Å²) in [6, 6.07) is 5.51. The standard InChI is InChI=1S/C14H16ClNO2S/c15-13-4-3-11(19)7-12(13)14(18)16-8-1-2-9(16)6-10(17)5-8/h3-4,7-10,17,19H,1-2,5-6H2.